The molecule has 0 bridgehead atoms. The predicted molar refractivity (Wildman–Crippen MR) is 67.7 cm³/mol. The number of hydrogen-bond donors (Lipinski definition) is 0. The van der Waals surface area contributed by atoms with Crippen LogP contribution in [0.15, 0.2) is 24.5 Å². The number of aromatic nitrogens is 4. The second kappa shape index (κ2) is 5.59. The molecule has 6 nitrogen and oxygen atoms in total. The second-order valence-corrected chi connectivity index (χ2v) is 3.95. The summed E-state index contributed by atoms with van der Waals surface area (Å²) in [5, 5.41) is 0.106. The lowest BCUT2D eigenvalue weighted by Crippen LogP contribution is -2.19. The summed E-state index contributed by atoms with van der Waals surface area (Å²) in [4.78, 5) is 17.9. The van der Waals surface area contributed by atoms with Crippen LogP contribution in [0.4, 0.5) is 5.95 Å². The molecule has 0 saturated heterocycles. The van der Waals surface area contributed by atoms with Crippen molar-refractivity contribution in [2.45, 2.75) is 6.54 Å². The van der Waals surface area contributed by atoms with E-state index in [4.69, 9.17) is 16.3 Å². The number of pyridine rings is 1. The van der Waals surface area contributed by atoms with Gasteiger partial charge in [-0.05, 0) is 23.2 Å². The number of ether oxygens (including phenoxy) is 1. The molecule has 0 amide bonds. The number of halogens is 1. The van der Waals surface area contributed by atoms with Crippen molar-refractivity contribution < 1.29 is 4.74 Å². The van der Waals surface area contributed by atoms with Gasteiger partial charge in [-0.1, -0.05) is 6.07 Å². The number of rotatable bonds is 4. The zero-order valence-electron chi connectivity index (χ0n) is 10.0. The molecule has 2 aromatic rings. The fourth-order valence-electron chi connectivity index (χ4n) is 1.42. The van der Waals surface area contributed by atoms with Crippen molar-refractivity contribution in [2.24, 2.45) is 0 Å². The van der Waals surface area contributed by atoms with Crippen LogP contribution in [-0.4, -0.2) is 34.1 Å². The molecule has 2 heterocycles. The van der Waals surface area contributed by atoms with Crippen molar-refractivity contribution in [3.63, 3.8) is 0 Å². The molecule has 18 heavy (non-hydrogen) atoms. The Bertz CT molecular complexity index is 522. The largest absolute Gasteiger partial charge is 0.467 e. The molecule has 0 aromatic carbocycles. The summed E-state index contributed by atoms with van der Waals surface area (Å²) < 4.78 is 4.95. The minimum Gasteiger partial charge on any atom is -0.467 e. The van der Waals surface area contributed by atoms with Crippen LogP contribution < -0.4 is 9.64 Å². The Morgan fingerprint density at radius 2 is 2.17 bits per heavy atom. The molecule has 0 aliphatic carbocycles. The molecule has 2 rings (SSSR count). The summed E-state index contributed by atoms with van der Waals surface area (Å²) in [5.74, 6) is 0.454. The van der Waals surface area contributed by atoms with Gasteiger partial charge in [-0.25, -0.2) is 0 Å². The monoisotopic (exact) mass is 265 g/mol. The average molecular weight is 266 g/mol. The predicted octanol–water partition coefficient (Wildman–Crippen LogP) is 1.56. The van der Waals surface area contributed by atoms with Crippen LogP contribution in [-0.2, 0) is 6.54 Å². The number of anilines is 1. The quantitative estimate of drug-likeness (QED) is 0.836. The van der Waals surface area contributed by atoms with Crippen molar-refractivity contribution >= 4 is 17.5 Å². The maximum absolute atomic E-state index is 5.79. The van der Waals surface area contributed by atoms with E-state index in [-0.39, 0.29) is 11.3 Å². The van der Waals surface area contributed by atoms with E-state index in [1.807, 2.05) is 24.1 Å². The average Bonchev–Trinajstić information content (AvgIpc) is 2.39. The van der Waals surface area contributed by atoms with E-state index < -0.39 is 0 Å². The molecule has 0 spiro atoms. The van der Waals surface area contributed by atoms with Crippen LogP contribution in [0, 0.1) is 0 Å². The lowest BCUT2D eigenvalue weighted by atomic mass is 10.3. The van der Waals surface area contributed by atoms with Crippen molar-refractivity contribution in [3.8, 4) is 6.01 Å². The Kier molecular flexibility index (Phi) is 3.88. The summed E-state index contributed by atoms with van der Waals surface area (Å²) >= 11 is 5.79. The molecule has 0 saturated carbocycles. The molecule has 2 aromatic heterocycles. The molecule has 94 valence electrons. The van der Waals surface area contributed by atoms with Gasteiger partial charge in [0.05, 0.1) is 7.11 Å². The van der Waals surface area contributed by atoms with Gasteiger partial charge in [-0.3, -0.25) is 4.98 Å². The Hall–Kier alpha value is -1.95. The van der Waals surface area contributed by atoms with Crippen LogP contribution in [0.2, 0.25) is 5.28 Å². The second-order valence-electron chi connectivity index (χ2n) is 3.61. The number of nitrogens with zero attached hydrogens (tertiary/aromatic N) is 5. The van der Waals surface area contributed by atoms with E-state index in [1.165, 1.54) is 7.11 Å². The summed E-state index contributed by atoms with van der Waals surface area (Å²) in [5.41, 5.74) is 1.05. The third kappa shape index (κ3) is 3.04. The molecule has 7 heteroatoms. The number of hydrogen-bond acceptors (Lipinski definition) is 6. The topological polar surface area (TPSA) is 64.0 Å². The standard InChI is InChI=1S/C11H12ClN5O/c1-17(7-8-4-3-5-13-6-8)10-14-9(12)15-11(16-10)18-2/h3-6H,7H2,1-2H3. The van der Waals surface area contributed by atoms with Gasteiger partial charge < -0.3 is 9.64 Å². The first kappa shape index (κ1) is 12.5. The summed E-state index contributed by atoms with van der Waals surface area (Å²) in [6.07, 6.45) is 3.52. The Balaban J connectivity index is 2.18. The van der Waals surface area contributed by atoms with Crippen LogP contribution in [0.1, 0.15) is 5.56 Å². The zero-order chi connectivity index (χ0) is 13.0. The highest BCUT2D eigenvalue weighted by Crippen LogP contribution is 2.15. The van der Waals surface area contributed by atoms with Crippen LogP contribution in [0.5, 0.6) is 6.01 Å². The van der Waals surface area contributed by atoms with Gasteiger partial charge >= 0.3 is 6.01 Å². The van der Waals surface area contributed by atoms with Crippen molar-refractivity contribution in [1.82, 2.24) is 19.9 Å². The molecular weight excluding hydrogens is 254 g/mol. The molecular formula is C11H12ClN5O. The SMILES string of the molecule is COc1nc(Cl)nc(N(C)Cc2cccnc2)n1. The molecule has 0 unspecified atom stereocenters. The molecule has 0 aliphatic heterocycles. The summed E-state index contributed by atoms with van der Waals surface area (Å²) in [7, 11) is 3.34. The summed E-state index contributed by atoms with van der Waals surface area (Å²) in [6, 6.07) is 4.05. The highest BCUT2D eigenvalue weighted by atomic mass is 35.5. The van der Waals surface area contributed by atoms with Gasteiger partial charge in [-0.15, -0.1) is 0 Å². The van der Waals surface area contributed by atoms with Gasteiger partial charge in [0.15, 0.2) is 0 Å². The van der Waals surface area contributed by atoms with Gasteiger partial charge in [0.2, 0.25) is 11.2 Å². The van der Waals surface area contributed by atoms with E-state index in [2.05, 4.69) is 19.9 Å². The van der Waals surface area contributed by atoms with E-state index in [0.717, 1.165) is 5.56 Å². The molecule has 0 aliphatic rings. The van der Waals surface area contributed by atoms with Crippen molar-refractivity contribution in [1.29, 1.82) is 0 Å². The Morgan fingerprint density at radius 3 is 2.83 bits per heavy atom. The number of methoxy groups -OCH3 is 1. The van der Waals surface area contributed by atoms with Crippen LogP contribution >= 0.6 is 11.6 Å². The molecule has 0 radical (unpaired) electrons. The van der Waals surface area contributed by atoms with Crippen LogP contribution in [0.25, 0.3) is 0 Å². The Morgan fingerprint density at radius 1 is 1.33 bits per heavy atom. The summed E-state index contributed by atoms with van der Waals surface area (Å²) in [6.45, 7) is 0.622. The van der Waals surface area contributed by atoms with Crippen molar-refractivity contribution in [3.05, 3.63) is 35.4 Å². The van der Waals surface area contributed by atoms with E-state index in [0.29, 0.717) is 12.5 Å². The highest BCUT2D eigenvalue weighted by Gasteiger charge is 2.10. The van der Waals surface area contributed by atoms with Crippen molar-refractivity contribution in [2.75, 3.05) is 19.1 Å². The first-order chi connectivity index (χ1) is 8.69. The van der Waals surface area contributed by atoms with Gasteiger partial charge in [0.1, 0.15) is 0 Å². The molecule has 0 fully saturated rings. The third-order valence-electron chi connectivity index (χ3n) is 2.24. The third-order valence-corrected chi connectivity index (χ3v) is 2.41. The normalized spacial score (nSPS) is 10.2. The maximum Gasteiger partial charge on any atom is 0.322 e. The van der Waals surface area contributed by atoms with E-state index >= 15 is 0 Å². The lowest BCUT2D eigenvalue weighted by Gasteiger charge is -2.16. The molecule has 0 N–H and O–H groups in total. The smallest absolute Gasteiger partial charge is 0.322 e. The minimum absolute atomic E-state index is 0.106. The fourth-order valence-corrected chi connectivity index (χ4v) is 1.57. The van der Waals surface area contributed by atoms with E-state index in [1.54, 1.807) is 12.4 Å². The van der Waals surface area contributed by atoms with Crippen LogP contribution in [0.3, 0.4) is 0 Å². The molecule has 0 atom stereocenters. The van der Waals surface area contributed by atoms with Gasteiger partial charge in [-0.2, -0.15) is 15.0 Å². The first-order valence-corrected chi connectivity index (χ1v) is 5.62. The highest BCUT2D eigenvalue weighted by molar-refractivity contribution is 6.28. The maximum atomic E-state index is 5.79. The zero-order valence-corrected chi connectivity index (χ0v) is 10.8. The van der Waals surface area contributed by atoms with Gasteiger partial charge in [0.25, 0.3) is 0 Å². The van der Waals surface area contributed by atoms with Gasteiger partial charge in [0, 0.05) is 26.0 Å². The van der Waals surface area contributed by atoms with E-state index in [9.17, 15) is 0 Å². The fraction of sp³-hybridized carbons (Fsp3) is 0.273. The Labute approximate surface area is 110 Å². The first-order valence-electron chi connectivity index (χ1n) is 5.24. The minimum atomic E-state index is 0.106. The lowest BCUT2D eigenvalue weighted by molar-refractivity contribution is 0.378.